The maximum Gasteiger partial charge on any atom is 0.257 e. The van der Waals surface area contributed by atoms with Crippen molar-refractivity contribution in [2.24, 2.45) is 0 Å². The highest BCUT2D eigenvalue weighted by Crippen LogP contribution is 2.24. The molecule has 0 aliphatic carbocycles. The van der Waals surface area contributed by atoms with E-state index in [1.54, 1.807) is 23.6 Å². The number of aromatic nitrogens is 1. The van der Waals surface area contributed by atoms with Gasteiger partial charge in [0.15, 0.2) is 5.13 Å². The minimum atomic E-state index is -0.341. The lowest BCUT2D eigenvalue weighted by atomic mass is 10.2. The molecule has 2 N–H and O–H groups in total. The van der Waals surface area contributed by atoms with Gasteiger partial charge in [-0.15, -0.1) is 11.3 Å². The molecule has 7 nitrogen and oxygen atoms in total. The van der Waals surface area contributed by atoms with Gasteiger partial charge in [0.1, 0.15) is 11.5 Å². The molecule has 1 heterocycles. The van der Waals surface area contributed by atoms with Crippen LogP contribution in [-0.2, 0) is 11.2 Å². The highest BCUT2D eigenvalue weighted by Gasteiger charge is 2.13. The molecule has 0 saturated carbocycles. The molecule has 0 spiro atoms. The second-order valence-electron chi connectivity index (χ2n) is 5.79. The highest BCUT2D eigenvalue weighted by molar-refractivity contribution is 7.14. The molecule has 3 aromatic rings. The Hall–Kier alpha value is -3.39. The van der Waals surface area contributed by atoms with E-state index in [0.29, 0.717) is 27.9 Å². The van der Waals surface area contributed by atoms with Crippen molar-refractivity contribution in [3.8, 4) is 11.5 Å². The van der Waals surface area contributed by atoms with Crippen LogP contribution in [0.2, 0.25) is 0 Å². The Morgan fingerprint density at radius 2 is 1.68 bits per heavy atom. The molecule has 0 fully saturated rings. The number of amides is 2. The second kappa shape index (κ2) is 9.01. The molecule has 0 unspecified atom stereocenters. The van der Waals surface area contributed by atoms with Gasteiger partial charge in [-0.1, -0.05) is 18.2 Å². The normalized spacial score (nSPS) is 10.2. The van der Waals surface area contributed by atoms with Gasteiger partial charge < -0.3 is 14.8 Å². The first-order valence-corrected chi connectivity index (χ1v) is 9.29. The first-order valence-electron chi connectivity index (χ1n) is 8.41. The summed E-state index contributed by atoms with van der Waals surface area (Å²) >= 11 is 1.26. The van der Waals surface area contributed by atoms with Gasteiger partial charge in [0, 0.05) is 22.7 Å². The van der Waals surface area contributed by atoms with E-state index in [0.717, 1.165) is 5.69 Å². The molecule has 28 heavy (non-hydrogen) atoms. The highest BCUT2D eigenvalue weighted by atomic mass is 32.1. The summed E-state index contributed by atoms with van der Waals surface area (Å²) in [5.74, 6) is 0.516. The van der Waals surface area contributed by atoms with Crippen molar-refractivity contribution in [3.63, 3.8) is 0 Å². The lowest BCUT2D eigenvalue weighted by Crippen LogP contribution is -2.15. The monoisotopic (exact) mass is 397 g/mol. The van der Waals surface area contributed by atoms with Crippen molar-refractivity contribution in [1.29, 1.82) is 0 Å². The van der Waals surface area contributed by atoms with Gasteiger partial charge in [-0.2, -0.15) is 0 Å². The topological polar surface area (TPSA) is 89.6 Å². The van der Waals surface area contributed by atoms with Crippen LogP contribution in [0.15, 0.2) is 53.9 Å². The van der Waals surface area contributed by atoms with Crippen LogP contribution in [0, 0.1) is 0 Å². The van der Waals surface area contributed by atoms with E-state index in [4.69, 9.17) is 9.47 Å². The van der Waals surface area contributed by atoms with Crippen LogP contribution in [0.25, 0.3) is 0 Å². The molecular weight excluding hydrogens is 378 g/mol. The van der Waals surface area contributed by atoms with Gasteiger partial charge in [0.25, 0.3) is 5.91 Å². The van der Waals surface area contributed by atoms with E-state index in [1.807, 2.05) is 30.3 Å². The van der Waals surface area contributed by atoms with Gasteiger partial charge in [-0.25, -0.2) is 4.98 Å². The van der Waals surface area contributed by atoms with Gasteiger partial charge in [0.2, 0.25) is 5.91 Å². The van der Waals surface area contributed by atoms with Gasteiger partial charge in [0.05, 0.1) is 26.3 Å². The molecule has 2 aromatic carbocycles. The number of hydrogen-bond acceptors (Lipinski definition) is 6. The third-order valence-corrected chi connectivity index (χ3v) is 4.59. The summed E-state index contributed by atoms with van der Waals surface area (Å²) in [6.07, 6.45) is 0.119. The Morgan fingerprint density at radius 1 is 1.00 bits per heavy atom. The van der Waals surface area contributed by atoms with E-state index >= 15 is 0 Å². The fourth-order valence-corrected chi connectivity index (χ4v) is 3.15. The summed E-state index contributed by atoms with van der Waals surface area (Å²) in [5, 5.41) is 7.69. The average molecular weight is 397 g/mol. The molecule has 0 aliphatic heterocycles. The van der Waals surface area contributed by atoms with Crippen molar-refractivity contribution in [3.05, 3.63) is 65.2 Å². The van der Waals surface area contributed by atoms with Crippen molar-refractivity contribution in [2.75, 3.05) is 24.9 Å². The molecule has 0 atom stereocenters. The lowest BCUT2D eigenvalue weighted by molar-refractivity contribution is -0.115. The first-order chi connectivity index (χ1) is 13.6. The number of carbonyl (C=O) groups excluding carboxylic acids is 2. The van der Waals surface area contributed by atoms with Crippen molar-refractivity contribution in [2.45, 2.75) is 6.42 Å². The molecule has 0 aliphatic rings. The SMILES string of the molecule is COc1cc(OC)cc(C(=O)Nc2nc(CC(=O)Nc3ccccc3)cs2)c1. The van der Waals surface area contributed by atoms with E-state index in [1.165, 1.54) is 25.6 Å². The standard InChI is InChI=1S/C20H19N3O4S/c1-26-16-8-13(9-17(11-16)27-2)19(25)23-20-22-15(12-28-20)10-18(24)21-14-6-4-3-5-7-14/h3-9,11-12H,10H2,1-2H3,(H,21,24)(H,22,23,25). The fourth-order valence-electron chi connectivity index (χ4n) is 2.44. The first kappa shape index (κ1) is 19.4. The van der Waals surface area contributed by atoms with Crippen LogP contribution in [-0.4, -0.2) is 31.0 Å². The fraction of sp³-hybridized carbons (Fsp3) is 0.150. The van der Waals surface area contributed by atoms with Gasteiger partial charge in [-0.3, -0.25) is 14.9 Å². The number of rotatable bonds is 7. The molecule has 144 valence electrons. The van der Waals surface area contributed by atoms with Crippen LogP contribution >= 0.6 is 11.3 Å². The lowest BCUT2D eigenvalue weighted by Gasteiger charge is -2.08. The van der Waals surface area contributed by atoms with Crippen LogP contribution in [0.5, 0.6) is 11.5 Å². The van der Waals surface area contributed by atoms with Crippen molar-refractivity contribution in [1.82, 2.24) is 4.98 Å². The summed E-state index contributed by atoms with van der Waals surface area (Å²) in [4.78, 5) is 28.9. The molecule has 8 heteroatoms. The maximum absolute atomic E-state index is 12.5. The number of nitrogens with zero attached hydrogens (tertiary/aromatic N) is 1. The molecule has 1 aromatic heterocycles. The summed E-state index contributed by atoms with van der Waals surface area (Å²) in [6, 6.07) is 14.1. The van der Waals surface area contributed by atoms with E-state index in [9.17, 15) is 9.59 Å². The number of anilines is 2. The van der Waals surface area contributed by atoms with Crippen LogP contribution in [0.4, 0.5) is 10.8 Å². The maximum atomic E-state index is 12.5. The van der Waals surface area contributed by atoms with Crippen molar-refractivity contribution < 1.29 is 19.1 Å². The zero-order valence-electron chi connectivity index (χ0n) is 15.4. The average Bonchev–Trinajstić information content (AvgIpc) is 3.14. The minimum Gasteiger partial charge on any atom is -0.497 e. The number of nitrogens with one attached hydrogen (secondary N) is 2. The number of benzene rings is 2. The molecule has 0 radical (unpaired) electrons. The van der Waals surface area contributed by atoms with Crippen LogP contribution in [0.1, 0.15) is 16.1 Å². The summed E-state index contributed by atoms with van der Waals surface area (Å²) in [5.41, 5.74) is 1.69. The van der Waals surface area contributed by atoms with E-state index < -0.39 is 0 Å². The number of hydrogen-bond donors (Lipinski definition) is 2. The van der Waals surface area contributed by atoms with Crippen LogP contribution in [0.3, 0.4) is 0 Å². The number of carbonyl (C=O) groups is 2. The predicted octanol–water partition coefficient (Wildman–Crippen LogP) is 3.59. The molecule has 2 amide bonds. The molecule has 0 saturated heterocycles. The number of ether oxygens (including phenoxy) is 2. The zero-order chi connectivity index (χ0) is 19.9. The summed E-state index contributed by atoms with van der Waals surface area (Å²) in [6.45, 7) is 0. The summed E-state index contributed by atoms with van der Waals surface area (Å²) < 4.78 is 10.4. The predicted molar refractivity (Wildman–Crippen MR) is 108 cm³/mol. The van der Waals surface area contributed by atoms with E-state index in [2.05, 4.69) is 15.6 Å². The number of methoxy groups -OCH3 is 2. The Kier molecular flexibility index (Phi) is 6.23. The Labute approximate surface area is 166 Å². The third-order valence-electron chi connectivity index (χ3n) is 3.79. The summed E-state index contributed by atoms with van der Waals surface area (Å²) in [7, 11) is 3.04. The Bertz CT molecular complexity index is 950. The van der Waals surface area contributed by atoms with Crippen LogP contribution < -0.4 is 20.1 Å². The van der Waals surface area contributed by atoms with Gasteiger partial charge in [-0.05, 0) is 24.3 Å². The largest absolute Gasteiger partial charge is 0.497 e. The minimum absolute atomic E-state index is 0.119. The molecular formula is C20H19N3O4S. The smallest absolute Gasteiger partial charge is 0.257 e. The Balaban J connectivity index is 1.62. The second-order valence-corrected chi connectivity index (χ2v) is 6.65. The van der Waals surface area contributed by atoms with Gasteiger partial charge >= 0.3 is 0 Å². The molecule has 0 bridgehead atoms. The third kappa shape index (κ3) is 5.08. The molecule has 3 rings (SSSR count). The Morgan fingerprint density at radius 3 is 2.32 bits per heavy atom. The van der Waals surface area contributed by atoms with Crippen molar-refractivity contribution >= 4 is 34.0 Å². The number of thiazole rings is 1. The van der Waals surface area contributed by atoms with E-state index in [-0.39, 0.29) is 18.2 Å². The quantitative estimate of drug-likeness (QED) is 0.636. The zero-order valence-corrected chi connectivity index (χ0v) is 16.2. The number of para-hydroxylation sites is 1.